The number of rotatable bonds is 3. The van der Waals surface area contributed by atoms with E-state index < -0.39 is 0 Å². The quantitative estimate of drug-likeness (QED) is 0.916. The SMILES string of the molecule is O=C(CC1CCNC1)N1CCC(c2ccccc2)CC1. The molecule has 2 aliphatic heterocycles. The highest BCUT2D eigenvalue weighted by Crippen LogP contribution is 2.28. The highest BCUT2D eigenvalue weighted by Gasteiger charge is 2.26. The normalized spacial score (nSPS) is 24.0. The summed E-state index contributed by atoms with van der Waals surface area (Å²) < 4.78 is 0. The van der Waals surface area contributed by atoms with Gasteiger partial charge in [-0.25, -0.2) is 0 Å². The topological polar surface area (TPSA) is 32.3 Å². The number of nitrogens with zero attached hydrogens (tertiary/aromatic N) is 1. The lowest BCUT2D eigenvalue weighted by atomic mass is 9.89. The van der Waals surface area contributed by atoms with Gasteiger partial charge in [0.2, 0.25) is 5.91 Å². The van der Waals surface area contributed by atoms with Crippen molar-refractivity contribution in [3.63, 3.8) is 0 Å². The molecule has 3 rings (SSSR count). The van der Waals surface area contributed by atoms with E-state index >= 15 is 0 Å². The molecule has 2 saturated heterocycles. The highest BCUT2D eigenvalue weighted by molar-refractivity contribution is 5.76. The number of nitrogens with one attached hydrogen (secondary N) is 1. The molecule has 2 fully saturated rings. The third-order valence-corrected chi connectivity index (χ3v) is 4.74. The molecule has 0 aromatic heterocycles. The van der Waals surface area contributed by atoms with E-state index in [1.165, 1.54) is 5.56 Å². The number of piperidine rings is 1. The Balaban J connectivity index is 1.49. The van der Waals surface area contributed by atoms with Gasteiger partial charge in [0.25, 0.3) is 0 Å². The van der Waals surface area contributed by atoms with E-state index in [-0.39, 0.29) is 0 Å². The van der Waals surface area contributed by atoms with E-state index in [1.807, 2.05) is 0 Å². The number of hydrogen-bond donors (Lipinski definition) is 1. The number of hydrogen-bond acceptors (Lipinski definition) is 2. The highest BCUT2D eigenvalue weighted by atomic mass is 16.2. The zero-order chi connectivity index (χ0) is 13.8. The Hall–Kier alpha value is -1.35. The summed E-state index contributed by atoms with van der Waals surface area (Å²) in [5, 5.41) is 3.34. The second-order valence-electron chi connectivity index (χ2n) is 6.13. The molecule has 1 aromatic rings. The predicted octanol–water partition coefficient (Wildman–Crippen LogP) is 2.39. The molecule has 0 saturated carbocycles. The zero-order valence-corrected chi connectivity index (χ0v) is 12.1. The molecule has 1 N–H and O–H groups in total. The van der Waals surface area contributed by atoms with Crippen molar-refractivity contribution in [1.29, 1.82) is 0 Å². The molecule has 1 atom stereocenters. The average Bonchev–Trinajstić information content (AvgIpc) is 3.01. The maximum atomic E-state index is 12.3. The smallest absolute Gasteiger partial charge is 0.222 e. The van der Waals surface area contributed by atoms with Crippen LogP contribution in [-0.2, 0) is 4.79 Å². The summed E-state index contributed by atoms with van der Waals surface area (Å²) in [5.41, 5.74) is 1.43. The first-order chi connectivity index (χ1) is 9.83. The van der Waals surface area contributed by atoms with Crippen LogP contribution in [0.4, 0.5) is 0 Å². The molecule has 108 valence electrons. The molecule has 0 spiro atoms. The summed E-state index contributed by atoms with van der Waals surface area (Å²) in [4.78, 5) is 14.4. The standard InChI is InChI=1S/C17H24N2O/c20-17(12-14-6-9-18-13-14)19-10-7-16(8-11-19)15-4-2-1-3-5-15/h1-5,14,16,18H,6-13H2. The molecule has 3 heteroatoms. The second-order valence-corrected chi connectivity index (χ2v) is 6.13. The van der Waals surface area contributed by atoms with Gasteiger partial charge in [0.05, 0.1) is 0 Å². The van der Waals surface area contributed by atoms with Crippen LogP contribution in [0.1, 0.15) is 37.2 Å². The summed E-state index contributed by atoms with van der Waals surface area (Å²) in [7, 11) is 0. The summed E-state index contributed by atoms with van der Waals surface area (Å²) >= 11 is 0. The van der Waals surface area contributed by atoms with Gasteiger partial charge in [-0.05, 0) is 49.8 Å². The molecule has 1 amide bonds. The van der Waals surface area contributed by atoms with Gasteiger partial charge in [-0.15, -0.1) is 0 Å². The minimum Gasteiger partial charge on any atom is -0.343 e. The number of carbonyl (C=O) groups excluding carboxylic acids is 1. The van der Waals surface area contributed by atoms with Crippen molar-refractivity contribution >= 4 is 5.91 Å². The van der Waals surface area contributed by atoms with Gasteiger partial charge in [-0.2, -0.15) is 0 Å². The minimum absolute atomic E-state index is 0.366. The van der Waals surface area contributed by atoms with Gasteiger partial charge >= 0.3 is 0 Å². The monoisotopic (exact) mass is 272 g/mol. The number of likely N-dealkylation sites (tertiary alicyclic amines) is 1. The van der Waals surface area contributed by atoms with Crippen LogP contribution >= 0.6 is 0 Å². The van der Waals surface area contributed by atoms with Crippen LogP contribution in [0.2, 0.25) is 0 Å². The summed E-state index contributed by atoms with van der Waals surface area (Å²) in [5.74, 6) is 1.56. The molecule has 1 aromatic carbocycles. The first kappa shape index (κ1) is 13.6. The Morgan fingerprint density at radius 3 is 2.55 bits per heavy atom. The van der Waals surface area contributed by atoms with Crippen molar-refractivity contribution in [1.82, 2.24) is 10.2 Å². The average molecular weight is 272 g/mol. The van der Waals surface area contributed by atoms with E-state index in [9.17, 15) is 4.79 Å². The van der Waals surface area contributed by atoms with Crippen LogP contribution in [0.5, 0.6) is 0 Å². The van der Waals surface area contributed by atoms with E-state index in [2.05, 4.69) is 40.5 Å². The Kier molecular flexibility index (Phi) is 4.36. The summed E-state index contributed by atoms with van der Waals surface area (Å²) in [6.07, 6.45) is 4.12. The molecule has 2 heterocycles. The molecule has 1 unspecified atom stereocenters. The number of amides is 1. The first-order valence-corrected chi connectivity index (χ1v) is 7.86. The van der Waals surface area contributed by atoms with E-state index in [0.717, 1.165) is 51.9 Å². The third-order valence-electron chi connectivity index (χ3n) is 4.74. The van der Waals surface area contributed by atoms with E-state index in [0.29, 0.717) is 17.7 Å². The fraction of sp³-hybridized carbons (Fsp3) is 0.588. The van der Waals surface area contributed by atoms with Crippen molar-refractivity contribution in [2.24, 2.45) is 5.92 Å². The number of carbonyl (C=O) groups is 1. The Morgan fingerprint density at radius 2 is 1.90 bits per heavy atom. The van der Waals surface area contributed by atoms with Crippen LogP contribution in [0.25, 0.3) is 0 Å². The number of benzene rings is 1. The fourth-order valence-electron chi connectivity index (χ4n) is 3.45. The van der Waals surface area contributed by atoms with Crippen LogP contribution in [0.3, 0.4) is 0 Å². The van der Waals surface area contributed by atoms with Crippen molar-refractivity contribution in [2.75, 3.05) is 26.2 Å². The largest absolute Gasteiger partial charge is 0.343 e. The van der Waals surface area contributed by atoms with Gasteiger partial charge in [0.1, 0.15) is 0 Å². The van der Waals surface area contributed by atoms with Crippen LogP contribution in [0.15, 0.2) is 30.3 Å². The van der Waals surface area contributed by atoms with Gasteiger partial charge < -0.3 is 10.2 Å². The molecular weight excluding hydrogens is 248 g/mol. The Labute approximate surface area is 121 Å². The molecule has 0 bridgehead atoms. The van der Waals surface area contributed by atoms with Crippen LogP contribution in [-0.4, -0.2) is 37.0 Å². The predicted molar refractivity (Wildman–Crippen MR) is 80.6 cm³/mol. The lowest BCUT2D eigenvalue weighted by Crippen LogP contribution is -2.38. The molecule has 0 radical (unpaired) electrons. The maximum absolute atomic E-state index is 12.3. The lowest BCUT2D eigenvalue weighted by Gasteiger charge is -2.33. The van der Waals surface area contributed by atoms with Crippen molar-refractivity contribution < 1.29 is 4.79 Å². The van der Waals surface area contributed by atoms with E-state index in [1.54, 1.807) is 0 Å². The minimum atomic E-state index is 0.366. The second kappa shape index (κ2) is 6.40. The fourth-order valence-corrected chi connectivity index (χ4v) is 3.45. The van der Waals surface area contributed by atoms with Gasteiger partial charge in [-0.1, -0.05) is 30.3 Å². The lowest BCUT2D eigenvalue weighted by molar-refractivity contribution is -0.133. The van der Waals surface area contributed by atoms with Gasteiger partial charge in [0.15, 0.2) is 0 Å². The molecule has 3 nitrogen and oxygen atoms in total. The third kappa shape index (κ3) is 3.21. The Morgan fingerprint density at radius 1 is 1.15 bits per heavy atom. The molecule has 20 heavy (non-hydrogen) atoms. The van der Waals surface area contributed by atoms with E-state index in [4.69, 9.17) is 0 Å². The molecular formula is C17H24N2O. The summed E-state index contributed by atoms with van der Waals surface area (Å²) in [6, 6.07) is 10.7. The Bertz CT molecular complexity index is 432. The van der Waals surface area contributed by atoms with Gasteiger partial charge in [0, 0.05) is 19.5 Å². The molecule has 0 aliphatic carbocycles. The first-order valence-electron chi connectivity index (χ1n) is 7.86. The van der Waals surface area contributed by atoms with Gasteiger partial charge in [-0.3, -0.25) is 4.79 Å². The van der Waals surface area contributed by atoms with Crippen LogP contribution in [0, 0.1) is 5.92 Å². The van der Waals surface area contributed by atoms with Crippen molar-refractivity contribution in [2.45, 2.75) is 31.6 Å². The van der Waals surface area contributed by atoms with Crippen molar-refractivity contribution in [3.05, 3.63) is 35.9 Å². The summed E-state index contributed by atoms with van der Waals surface area (Å²) in [6.45, 7) is 3.96. The zero-order valence-electron chi connectivity index (χ0n) is 12.1. The molecule has 2 aliphatic rings. The van der Waals surface area contributed by atoms with Crippen molar-refractivity contribution in [3.8, 4) is 0 Å². The maximum Gasteiger partial charge on any atom is 0.222 e. The van der Waals surface area contributed by atoms with Crippen LogP contribution < -0.4 is 5.32 Å².